The second-order valence-electron chi connectivity index (χ2n) is 4.88. The number of hydrogen-bond donors (Lipinski definition) is 0. The second kappa shape index (κ2) is 5.88. The second-order valence-corrected chi connectivity index (χ2v) is 6.57. The summed E-state index contributed by atoms with van der Waals surface area (Å²) in [5, 5.41) is 11.0. The van der Waals surface area contributed by atoms with Gasteiger partial charge in [0.05, 0.1) is 28.0 Å². The first kappa shape index (κ1) is 14.1. The van der Waals surface area contributed by atoms with Crippen molar-refractivity contribution in [3.8, 4) is 6.07 Å². The fourth-order valence-electron chi connectivity index (χ4n) is 2.43. The number of nitrogens with zero attached hydrogens (tertiary/aromatic N) is 3. The van der Waals surface area contributed by atoms with Gasteiger partial charge in [0.2, 0.25) is 0 Å². The van der Waals surface area contributed by atoms with Gasteiger partial charge in [-0.3, -0.25) is 0 Å². The molecule has 0 saturated heterocycles. The first-order valence-electron chi connectivity index (χ1n) is 6.76. The number of halogens is 1. The maximum absolute atomic E-state index is 9.08. The van der Waals surface area contributed by atoms with E-state index in [0.717, 1.165) is 29.8 Å². The molecule has 0 radical (unpaired) electrons. The van der Waals surface area contributed by atoms with Crippen molar-refractivity contribution in [2.24, 2.45) is 0 Å². The SMILES string of the molecule is CC(Cl)c1nc2ccc(C#N)cc2n1CCc1cccs1. The predicted octanol–water partition coefficient (Wildman–Crippen LogP) is 4.51. The molecule has 3 nitrogen and oxygen atoms in total. The van der Waals surface area contributed by atoms with Crippen LogP contribution >= 0.6 is 22.9 Å². The van der Waals surface area contributed by atoms with Crippen LogP contribution in [0.5, 0.6) is 0 Å². The van der Waals surface area contributed by atoms with E-state index in [2.05, 4.69) is 33.1 Å². The van der Waals surface area contributed by atoms with E-state index in [1.807, 2.05) is 19.1 Å². The minimum absolute atomic E-state index is 0.161. The van der Waals surface area contributed by atoms with Crippen LogP contribution in [-0.2, 0) is 13.0 Å². The Morgan fingerprint density at radius 3 is 2.95 bits per heavy atom. The molecule has 21 heavy (non-hydrogen) atoms. The van der Waals surface area contributed by atoms with Gasteiger partial charge in [0.1, 0.15) is 5.82 Å². The molecule has 3 rings (SSSR count). The van der Waals surface area contributed by atoms with Crippen LogP contribution < -0.4 is 0 Å². The zero-order valence-corrected chi connectivity index (χ0v) is 13.2. The Morgan fingerprint density at radius 2 is 2.29 bits per heavy atom. The summed E-state index contributed by atoms with van der Waals surface area (Å²) in [6.07, 6.45) is 0.941. The van der Waals surface area contributed by atoms with Gasteiger partial charge in [-0.05, 0) is 43.0 Å². The van der Waals surface area contributed by atoms with Crippen LogP contribution in [0, 0.1) is 11.3 Å². The zero-order valence-electron chi connectivity index (χ0n) is 11.6. The van der Waals surface area contributed by atoms with Crippen molar-refractivity contribution in [2.75, 3.05) is 0 Å². The maximum atomic E-state index is 9.08. The van der Waals surface area contributed by atoms with Crippen LogP contribution in [-0.4, -0.2) is 9.55 Å². The third kappa shape index (κ3) is 2.80. The summed E-state index contributed by atoms with van der Waals surface area (Å²) in [4.78, 5) is 5.95. The van der Waals surface area contributed by atoms with Gasteiger partial charge in [0.15, 0.2) is 0 Å². The first-order valence-corrected chi connectivity index (χ1v) is 8.07. The monoisotopic (exact) mass is 315 g/mol. The smallest absolute Gasteiger partial charge is 0.127 e. The molecule has 0 spiro atoms. The van der Waals surface area contributed by atoms with Crippen molar-refractivity contribution in [1.29, 1.82) is 5.26 Å². The van der Waals surface area contributed by atoms with E-state index in [-0.39, 0.29) is 5.38 Å². The van der Waals surface area contributed by atoms with Gasteiger partial charge in [0, 0.05) is 11.4 Å². The minimum Gasteiger partial charge on any atom is -0.326 e. The number of nitriles is 1. The van der Waals surface area contributed by atoms with Crippen LogP contribution in [0.2, 0.25) is 0 Å². The molecule has 0 aliphatic heterocycles. The molecule has 3 aromatic rings. The molecular weight excluding hydrogens is 302 g/mol. The van der Waals surface area contributed by atoms with E-state index >= 15 is 0 Å². The van der Waals surface area contributed by atoms with Crippen molar-refractivity contribution in [3.05, 3.63) is 52.0 Å². The summed E-state index contributed by atoms with van der Waals surface area (Å²) in [5.41, 5.74) is 2.52. The molecule has 0 N–H and O–H groups in total. The lowest BCUT2D eigenvalue weighted by Crippen LogP contribution is -2.06. The molecule has 106 valence electrons. The number of benzene rings is 1. The van der Waals surface area contributed by atoms with Gasteiger partial charge in [-0.25, -0.2) is 4.98 Å². The van der Waals surface area contributed by atoms with Crippen molar-refractivity contribution in [3.63, 3.8) is 0 Å². The molecule has 0 aliphatic rings. The van der Waals surface area contributed by atoms with Gasteiger partial charge < -0.3 is 4.57 Å². The fourth-order valence-corrected chi connectivity index (χ4v) is 3.29. The number of thiophene rings is 1. The summed E-state index contributed by atoms with van der Waals surface area (Å²) in [5.74, 6) is 0.860. The largest absolute Gasteiger partial charge is 0.326 e. The zero-order chi connectivity index (χ0) is 14.8. The molecule has 0 amide bonds. The number of fused-ring (bicyclic) bond motifs is 1. The van der Waals surface area contributed by atoms with E-state index in [1.165, 1.54) is 4.88 Å². The molecule has 1 atom stereocenters. The van der Waals surface area contributed by atoms with E-state index in [1.54, 1.807) is 17.4 Å². The lowest BCUT2D eigenvalue weighted by atomic mass is 10.2. The molecule has 5 heteroatoms. The Hall–Kier alpha value is -1.83. The van der Waals surface area contributed by atoms with Crippen LogP contribution in [0.15, 0.2) is 35.7 Å². The summed E-state index contributed by atoms with van der Waals surface area (Å²) < 4.78 is 2.13. The van der Waals surface area contributed by atoms with Crippen LogP contribution in [0.25, 0.3) is 11.0 Å². The Labute approximate surface area is 132 Å². The van der Waals surface area contributed by atoms with Crippen molar-refractivity contribution in [2.45, 2.75) is 25.3 Å². The Bertz CT molecular complexity index is 797. The van der Waals surface area contributed by atoms with Crippen LogP contribution in [0.4, 0.5) is 0 Å². The first-order chi connectivity index (χ1) is 10.2. The Balaban J connectivity index is 2.04. The standard InChI is InChI=1S/C16H14ClN3S/c1-11(17)16-19-14-5-4-12(10-18)9-15(14)20(16)7-6-13-3-2-8-21-13/h2-5,8-9,11H,6-7H2,1H3. The number of imidazole rings is 1. The maximum Gasteiger partial charge on any atom is 0.127 e. The van der Waals surface area contributed by atoms with E-state index in [0.29, 0.717) is 5.56 Å². The predicted molar refractivity (Wildman–Crippen MR) is 86.7 cm³/mol. The van der Waals surface area contributed by atoms with E-state index in [9.17, 15) is 0 Å². The Kier molecular flexibility index (Phi) is 3.96. The molecule has 0 fully saturated rings. The van der Waals surface area contributed by atoms with Gasteiger partial charge in [0.25, 0.3) is 0 Å². The average Bonchev–Trinajstić information content (AvgIpc) is 3.11. The Morgan fingerprint density at radius 1 is 1.43 bits per heavy atom. The molecule has 2 heterocycles. The molecule has 1 unspecified atom stereocenters. The summed E-state index contributed by atoms with van der Waals surface area (Å²) in [6, 6.07) is 11.9. The highest BCUT2D eigenvalue weighted by Crippen LogP contribution is 2.26. The van der Waals surface area contributed by atoms with Crippen LogP contribution in [0.3, 0.4) is 0 Å². The molecule has 0 bridgehead atoms. The van der Waals surface area contributed by atoms with Gasteiger partial charge in [-0.2, -0.15) is 5.26 Å². The quantitative estimate of drug-likeness (QED) is 0.665. The molecular formula is C16H14ClN3S. The topological polar surface area (TPSA) is 41.6 Å². The highest BCUT2D eigenvalue weighted by atomic mass is 35.5. The molecule has 1 aromatic carbocycles. The highest BCUT2D eigenvalue weighted by Gasteiger charge is 2.15. The van der Waals surface area contributed by atoms with Crippen molar-refractivity contribution >= 4 is 34.0 Å². The van der Waals surface area contributed by atoms with Crippen molar-refractivity contribution < 1.29 is 0 Å². The van der Waals surface area contributed by atoms with E-state index < -0.39 is 0 Å². The van der Waals surface area contributed by atoms with Gasteiger partial charge >= 0.3 is 0 Å². The molecule has 0 aliphatic carbocycles. The lowest BCUT2D eigenvalue weighted by molar-refractivity contribution is 0.672. The average molecular weight is 316 g/mol. The highest BCUT2D eigenvalue weighted by molar-refractivity contribution is 7.09. The molecule has 0 saturated carbocycles. The minimum atomic E-state index is -0.161. The third-order valence-electron chi connectivity index (χ3n) is 3.42. The van der Waals surface area contributed by atoms with Crippen molar-refractivity contribution in [1.82, 2.24) is 9.55 Å². The summed E-state index contributed by atoms with van der Waals surface area (Å²) in [6.45, 7) is 2.74. The summed E-state index contributed by atoms with van der Waals surface area (Å²) >= 11 is 8.02. The fraction of sp³-hybridized carbons (Fsp3) is 0.250. The number of hydrogen-bond acceptors (Lipinski definition) is 3. The number of aryl methyl sites for hydroxylation is 2. The third-order valence-corrected chi connectivity index (χ3v) is 4.56. The van der Waals surface area contributed by atoms with Gasteiger partial charge in [-0.15, -0.1) is 22.9 Å². The number of alkyl halides is 1. The van der Waals surface area contributed by atoms with Gasteiger partial charge in [-0.1, -0.05) is 6.07 Å². The normalized spacial score (nSPS) is 12.4. The van der Waals surface area contributed by atoms with E-state index in [4.69, 9.17) is 16.9 Å². The number of aromatic nitrogens is 2. The van der Waals surface area contributed by atoms with Crippen LogP contribution in [0.1, 0.15) is 28.6 Å². The molecule has 2 aromatic heterocycles. The summed E-state index contributed by atoms with van der Waals surface area (Å²) in [7, 11) is 0. The number of rotatable bonds is 4. The lowest BCUT2D eigenvalue weighted by Gasteiger charge is -2.10.